The zero-order valence-corrected chi connectivity index (χ0v) is 15.8. The third kappa shape index (κ3) is 5.67. The number of nitro groups is 1. The van der Waals surface area contributed by atoms with E-state index in [1.807, 2.05) is 6.92 Å². The molecule has 0 radical (unpaired) electrons. The van der Waals surface area contributed by atoms with Crippen molar-refractivity contribution in [3.63, 3.8) is 0 Å². The SMILES string of the molecule is CCNC(=NCc1ccccc1[N+](=O)[O-])NCC(C)(C)N1CCOCC1. The van der Waals surface area contributed by atoms with Gasteiger partial charge < -0.3 is 15.4 Å². The van der Waals surface area contributed by atoms with Crippen LogP contribution in [0.25, 0.3) is 0 Å². The molecule has 8 heteroatoms. The van der Waals surface area contributed by atoms with Gasteiger partial charge in [0.15, 0.2) is 5.96 Å². The average molecular weight is 363 g/mol. The average Bonchev–Trinajstić information content (AvgIpc) is 2.65. The molecule has 0 spiro atoms. The molecule has 0 unspecified atom stereocenters. The molecular formula is C18H29N5O3. The highest BCUT2D eigenvalue weighted by Crippen LogP contribution is 2.18. The molecule has 1 saturated heterocycles. The Bertz CT molecular complexity index is 627. The van der Waals surface area contributed by atoms with Crippen molar-refractivity contribution in [3.05, 3.63) is 39.9 Å². The number of benzene rings is 1. The Morgan fingerprint density at radius 2 is 2.00 bits per heavy atom. The van der Waals surface area contributed by atoms with Gasteiger partial charge in [0.05, 0.1) is 30.2 Å². The number of hydrogen-bond donors (Lipinski definition) is 2. The second-order valence-corrected chi connectivity index (χ2v) is 6.85. The van der Waals surface area contributed by atoms with E-state index < -0.39 is 0 Å². The van der Waals surface area contributed by atoms with E-state index in [9.17, 15) is 10.1 Å². The van der Waals surface area contributed by atoms with Gasteiger partial charge in [-0.1, -0.05) is 18.2 Å². The van der Waals surface area contributed by atoms with E-state index in [1.54, 1.807) is 18.2 Å². The molecular weight excluding hydrogens is 334 g/mol. The van der Waals surface area contributed by atoms with Crippen LogP contribution in [0, 0.1) is 10.1 Å². The van der Waals surface area contributed by atoms with E-state index in [4.69, 9.17) is 4.74 Å². The summed E-state index contributed by atoms with van der Waals surface area (Å²) >= 11 is 0. The summed E-state index contributed by atoms with van der Waals surface area (Å²) in [5.41, 5.74) is 0.654. The monoisotopic (exact) mass is 363 g/mol. The third-order valence-electron chi connectivity index (χ3n) is 4.50. The molecule has 1 aliphatic rings. The van der Waals surface area contributed by atoms with Crippen LogP contribution in [-0.2, 0) is 11.3 Å². The van der Waals surface area contributed by atoms with Crippen LogP contribution in [0.4, 0.5) is 5.69 Å². The van der Waals surface area contributed by atoms with E-state index in [-0.39, 0.29) is 22.7 Å². The first-order valence-corrected chi connectivity index (χ1v) is 9.01. The smallest absolute Gasteiger partial charge is 0.274 e. The van der Waals surface area contributed by atoms with Gasteiger partial charge in [-0.2, -0.15) is 0 Å². The van der Waals surface area contributed by atoms with Gasteiger partial charge in [0, 0.05) is 37.8 Å². The van der Waals surface area contributed by atoms with Crippen LogP contribution in [-0.4, -0.2) is 60.7 Å². The third-order valence-corrected chi connectivity index (χ3v) is 4.50. The van der Waals surface area contributed by atoms with Crippen LogP contribution in [0.3, 0.4) is 0 Å². The lowest BCUT2D eigenvalue weighted by molar-refractivity contribution is -0.385. The van der Waals surface area contributed by atoms with E-state index in [1.165, 1.54) is 6.07 Å². The predicted octanol–water partition coefficient (Wildman–Crippen LogP) is 1.76. The molecule has 2 N–H and O–H groups in total. The zero-order chi connectivity index (χ0) is 19.0. The van der Waals surface area contributed by atoms with Crippen molar-refractivity contribution in [2.75, 3.05) is 39.4 Å². The number of para-hydroxylation sites is 1. The number of aliphatic imine (C=N–C) groups is 1. The lowest BCUT2D eigenvalue weighted by Crippen LogP contribution is -2.56. The molecule has 26 heavy (non-hydrogen) atoms. The highest BCUT2D eigenvalue weighted by molar-refractivity contribution is 5.79. The minimum absolute atomic E-state index is 0.0429. The minimum Gasteiger partial charge on any atom is -0.379 e. The van der Waals surface area contributed by atoms with E-state index >= 15 is 0 Å². The summed E-state index contributed by atoms with van der Waals surface area (Å²) < 4.78 is 5.42. The van der Waals surface area contributed by atoms with Crippen molar-refractivity contribution in [2.24, 2.45) is 4.99 Å². The molecule has 1 aliphatic heterocycles. The first-order valence-electron chi connectivity index (χ1n) is 9.01. The molecule has 2 rings (SSSR count). The molecule has 0 aromatic heterocycles. The van der Waals surface area contributed by atoms with Crippen LogP contribution >= 0.6 is 0 Å². The maximum absolute atomic E-state index is 11.1. The molecule has 0 atom stereocenters. The van der Waals surface area contributed by atoms with Crippen LogP contribution < -0.4 is 10.6 Å². The van der Waals surface area contributed by atoms with Gasteiger partial charge in [-0.05, 0) is 20.8 Å². The second kappa shape index (κ2) is 9.49. The number of rotatable bonds is 7. The number of nitrogens with one attached hydrogen (secondary N) is 2. The van der Waals surface area contributed by atoms with E-state index in [0.717, 1.165) is 39.4 Å². The summed E-state index contributed by atoms with van der Waals surface area (Å²) in [4.78, 5) is 17.7. The largest absolute Gasteiger partial charge is 0.379 e. The standard InChI is InChI=1S/C18H29N5O3/c1-4-19-17(20-13-15-7-5-6-8-16(15)23(24)25)21-14-18(2,3)22-9-11-26-12-10-22/h5-8H,4,9-14H2,1-3H3,(H2,19,20,21). The summed E-state index contributed by atoms with van der Waals surface area (Å²) in [6.07, 6.45) is 0. The molecule has 144 valence electrons. The summed E-state index contributed by atoms with van der Waals surface area (Å²) in [6.45, 7) is 11.4. The topological polar surface area (TPSA) is 92.0 Å². The molecule has 0 aliphatic carbocycles. The Morgan fingerprint density at radius 3 is 2.65 bits per heavy atom. The first kappa shape index (κ1) is 20.1. The fourth-order valence-corrected chi connectivity index (χ4v) is 2.91. The molecule has 0 amide bonds. The van der Waals surface area contributed by atoms with Crippen molar-refractivity contribution >= 4 is 11.6 Å². The lowest BCUT2D eigenvalue weighted by Gasteiger charge is -2.41. The molecule has 1 fully saturated rings. The van der Waals surface area contributed by atoms with Gasteiger partial charge in [-0.3, -0.25) is 15.0 Å². The maximum atomic E-state index is 11.1. The maximum Gasteiger partial charge on any atom is 0.274 e. The number of hydrogen-bond acceptors (Lipinski definition) is 5. The predicted molar refractivity (Wildman–Crippen MR) is 102 cm³/mol. The number of ether oxygens (including phenoxy) is 1. The van der Waals surface area contributed by atoms with Gasteiger partial charge >= 0.3 is 0 Å². The van der Waals surface area contributed by atoms with Crippen molar-refractivity contribution < 1.29 is 9.66 Å². The molecule has 0 bridgehead atoms. The van der Waals surface area contributed by atoms with E-state index in [0.29, 0.717) is 11.5 Å². The Hall–Kier alpha value is -2.19. The van der Waals surface area contributed by atoms with Crippen LogP contribution in [0.1, 0.15) is 26.3 Å². The summed E-state index contributed by atoms with van der Waals surface area (Å²) in [5, 5.41) is 17.7. The molecule has 1 aromatic rings. The van der Waals surface area contributed by atoms with Crippen molar-refractivity contribution in [3.8, 4) is 0 Å². The normalized spacial score (nSPS) is 16.3. The minimum atomic E-state index is -0.368. The van der Waals surface area contributed by atoms with E-state index in [2.05, 4.69) is 34.4 Å². The molecule has 1 heterocycles. The highest BCUT2D eigenvalue weighted by atomic mass is 16.6. The Morgan fingerprint density at radius 1 is 1.31 bits per heavy atom. The van der Waals surface area contributed by atoms with Crippen molar-refractivity contribution in [1.82, 2.24) is 15.5 Å². The van der Waals surface area contributed by atoms with Gasteiger partial charge in [-0.15, -0.1) is 0 Å². The second-order valence-electron chi connectivity index (χ2n) is 6.85. The van der Waals surface area contributed by atoms with Crippen molar-refractivity contribution in [1.29, 1.82) is 0 Å². The Kier molecular flexibility index (Phi) is 7.35. The summed E-state index contributed by atoms with van der Waals surface area (Å²) in [5.74, 6) is 0.659. The van der Waals surface area contributed by atoms with Crippen LogP contribution in [0.15, 0.2) is 29.3 Å². The van der Waals surface area contributed by atoms with Crippen LogP contribution in [0.2, 0.25) is 0 Å². The summed E-state index contributed by atoms with van der Waals surface area (Å²) in [7, 11) is 0. The quantitative estimate of drug-likeness (QED) is 0.332. The first-order chi connectivity index (χ1) is 12.4. The number of nitrogens with zero attached hydrogens (tertiary/aromatic N) is 3. The molecule has 0 saturated carbocycles. The number of morpholine rings is 1. The fraction of sp³-hybridized carbons (Fsp3) is 0.611. The van der Waals surface area contributed by atoms with Gasteiger partial charge in [0.1, 0.15) is 0 Å². The zero-order valence-electron chi connectivity index (χ0n) is 15.8. The van der Waals surface area contributed by atoms with Gasteiger partial charge in [-0.25, -0.2) is 4.99 Å². The van der Waals surface area contributed by atoms with Crippen molar-refractivity contribution in [2.45, 2.75) is 32.9 Å². The number of nitro benzene ring substituents is 1. The van der Waals surface area contributed by atoms with Crippen LogP contribution in [0.5, 0.6) is 0 Å². The van der Waals surface area contributed by atoms with Gasteiger partial charge in [0.2, 0.25) is 0 Å². The lowest BCUT2D eigenvalue weighted by atomic mass is 10.0. The van der Waals surface area contributed by atoms with Gasteiger partial charge in [0.25, 0.3) is 5.69 Å². The number of guanidine groups is 1. The highest BCUT2D eigenvalue weighted by Gasteiger charge is 2.28. The Labute approximate surface area is 154 Å². The summed E-state index contributed by atoms with van der Waals surface area (Å²) in [6, 6.07) is 6.70. The Balaban J connectivity index is 2.01. The molecule has 1 aromatic carbocycles. The molecule has 8 nitrogen and oxygen atoms in total. The fourth-order valence-electron chi connectivity index (χ4n) is 2.91.